The van der Waals surface area contributed by atoms with Crippen molar-refractivity contribution >= 4 is 40.7 Å². The van der Waals surface area contributed by atoms with E-state index in [-0.39, 0.29) is 22.4 Å². The first kappa shape index (κ1) is 22.0. The van der Waals surface area contributed by atoms with Gasteiger partial charge >= 0.3 is 6.18 Å². The lowest BCUT2D eigenvalue weighted by Gasteiger charge is -2.16. The lowest BCUT2D eigenvalue weighted by Crippen LogP contribution is -2.34. The van der Waals surface area contributed by atoms with E-state index in [0.717, 1.165) is 11.8 Å². The summed E-state index contributed by atoms with van der Waals surface area (Å²) in [7, 11) is 2.71. The second kappa shape index (κ2) is 9.78. The average Bonchev–Trinajstić information content (AvgIpc) is 3.04. The molecule has 0 atom stereocenters. The first-order valence-corrected chi connectivity index (χ1v) is 9.44. The van der Waals surface area contributed by atoms with Crippen molar-refractivity contribution in [3.63, 3.8) is 0 Å². The third kappa shape index (κ3) is 6.13. The molecule has 0 aromatic carbocycles. The molecule has 2 heterocycles. The van der Waals surface area contributed by atoms with Gasteiger partial charge in [-0.2, -0.15) is 30.0 Å². The number of thioether (sulfide) groups is 1. The van der Waals surface area contributed by atoms with Crippen LogP contribution in [0.25, 0.3) is 5.69 Å². The summed E-state index contributed by atoms with van der Waals surface area (Å²) in [6.07, 6.45) is -0.482. The molecule has 12 heteroatoms. The molecular weight excluding hydrogens is 419 g/mol. The molecule has 0 saturated carbocycles. The van der Waals surface area contributed by atoms with Gasteiger partial charge in [0.25, 0.3) is 5.91 Å². The van der Waals surface area contributed by atoms with Gasteiger partial charge in [-0.1, -0.05) is 16.8 Å². The first-order valence-electron chi connectivity index (χ1n) is 7.91. The summed E-state index contributed by atoms with van der Waals surface area (Å²) >= 11 is 7.08. The minimum atomic E-state index is -4.25. The zero-order valence-corrected chi connectivity index (χ0v) is 16.6. The summed E-state index contributed by atoms with van der Waals surface area (Å²) < 4.78 is 38.2. The topological polar surface area (TPSA) is 72.6 Å². The molecule has 0 radical (unpaired) electrons. The van der Waals surface area contributed by atoms with Crippen LogP contribution < -0.4 is 4.90 Å². The van der Waals surface area contributed by atoms with Crippen LogP contribution in [0.5, 0.6) is 0 Å². The zero-order valence-electron chi connectivity index (χ0n) is 15.0. The van der Waals surface area contributed by atoms with E-state index >= 15 is 0 Å². The fourth-order valence-electron chi connectivity index (χ4n) is 2.09. The molecule has 0 N–H and O–H groups in total. The third-order valence-electron chi connectivity index (χ3n) is 3.44. The van der Waals surface area contributed by atoms with E-state index in [4.69, 9.17) is 11.6 Å². The van der Waals surface area contributed by atoms with Crippen LogP contribution in [0, 0.1) is 0 Å². The van der Waals surface area contributed by atoms with Crippen LogP contribution in [0.3, 0.4) is 0 Å². The number of amides is 1. The Morgan fingerprint density at radius 1 is 1.46 bits per heavy atom. The van der Waals surface area contributed by atoms with Gasteiger partial charge in [-0.05, 0) is 12.1 Å². The summed E-state index contributed by atoms with van der Waals surface area (Å²) in [4.78, 5) is 22.6. The van der Waals surface area contributed by atoms with E-state index in [1.54, 1.807) is 30.7 Å². The van der Waals surface area contributed by atoms with Crippen molar-refractivity contribution in [1.29, 1.82) is 0 Å². The van der Waals surface area contributed by atoms with Gasteiger partial charge in [0.15, 0.2) is 10.9 Å². The molecule has 1 amide bonds. The summed E-state index contributed by atoms with van der Waals surface area (Å²) in [6.45, 7) is 0. The summed E-state index contributed by atoms with van der Waals surface area (Å²) in [5.74, 6) is -0.793. The number of pyridine rings is 1. The highest BCUT2D eigenvalue weighted by molar-refractivity contribution is 8.00. The molecule has 152 valence electrons. The zero-order chi connectivity index (χ0) is 20.7. The van der Waals surface area contributed by atoms with Crippen molar-refractivity contribution in [2.75, 3.05) is 30.6 Å². The van der Waals surface area contributed by atoms with E-state index in [2.05, 4.69) is 20.1 Å². The Kier molecular flexibility index (Phi) is 7.69. The Labute approximate surface area is 168 Å². The fourth-order valence-corrected chi connectivity index (χ4v) is 3.23. The van der Waals surface area contributed by atoms with Crippen molar-refractivity contribution in [2.24, 2.45) is 5.16 Å². The molecule has 0 aliphatic heterocycles. The van der Waals surface area contributed by atoms with Crippen LogP contribution in [0.15, 0.2) is 35.9 Å². The molecule has 2 rings (SSSR count). The SMILES string of the molecule is CO/N=C(\CSCCC(F)(F)F)C(=O)N(C)c1cn(-c2cccnc2)nc1Cl. The van der Waals surface area contributed by atoms with E-state index in [1.165, 1.54) is 23.7 Å². The minimum Gasteiger partial charge on any atom is -0.399 e. The van der Waals surface area contributed by atoms with Crippen LogP contribution >= 0.6 is 23.4 Å². The van der Waals surface area contributed by atoms with Gasteiger partial charge in [0, 0.05) is 24.8 Å². The number of nitrogens with zero attached hydrogens (tertiary/aromatic N) is 5. The maximum Gasteiger partial charge on any atom is 0.389 e. The fraction of sp³-hybridized carbons (Fsp3) is 0.375. The number of halogens is 4. The van der Waals surface area contributed by atoms with Gasteiger partial charge in [0.2, 0.25) is 0 Å². The highest BCUT2D eigenvalue weighted by Crippen LogP contribution is 2.26. The molecule has 0 spiro atoms. The molecule has 2 aromatic rings. The smallest absolute Gasteiger partial charge is 0.389 e. The molecule has 0 unspecified atom stereocenters. The third-order valence-corrected chi connectivity index (χ3v) is 4.68. The Morgan fingerprint density at radius 2 is 2.21 bits per heavy atom. The maximum atomic E-state index is 12.7. The van der Waals surface area contributed by atoms with Crippen LogP contribution in [0.2, 0.25) is 5.15 Å². The number of oxime groups is 1. The number of carbonyl (C=O) groups excluding carboxylic acids is 1. The van der Waals surface area contributed by atoms with E-state index in [0.29, 0.717) is 11.4 Å². The molecule has 2 aromatic heterocycles. The van der Waals surface area contributed by atoms with Crippen LogP contribution in [0.4, 0.5) is 18.9 Å². The van der Waals surface area contributed by atoms with Gasteiger partial charge in [0.05, 0.1) is 24.5 Å². The average molecular weight is 436 g/mol. The lowest BCUT2D eigenvalue weighted by atomic mass is 10.3. The van der Waals surface area contributed by atoms with Gasteiger partial charge in [-0.3, -0.25) is 9.78 Å². The Balaban J connectivity index is 2.10. The molecule has 0 aliphatic rings. The van der Waals surface area contributed by atoms with Crippen molar-refractivity contribution in [1.82, 2.24) is 14.8 Å². The highest BCUT2D eigenvalue weighted by Gasteiger charge is 2.27. The number of carbonyl (C=O) groups is 1. The number of alkyl halides is 3. The van der Waals surface area contributed by atoms with Crippen molar-refractivity contribution < 1.29 is 22.8 Å². The quantitative estimate of drug-likeness (QED) is 0.360. The van der Waals surface area contributed by atoms with Crippen molar-refractivity contribution in [2.45, 2.75) is 12.6 Å². The van der Waals surface area contributed by atoms with Crippen LogP contribution in [-0.4, -0.2) is 58.2 Å². The Bertz CT molecular complexity index is 829. The summed E-state index contributed by atoms with van der Waals surface area (Å²) in [5, 5.41) is 7.85. The number of aromatic nitrogens is 3. The second-order valence-electron chi connectivity index (χ2n) is 5.46. The van der Waals surface area contributed by atoms with Crippen molar-refractivity contribution in [3.8, 4) is 5.69 Å². The molecule has 0 fully saturated rings. The predicted molar refractivity (Wildman–Crippen MR) is 102 cm³/mol. The Hall–Kier alpha value is -2.27. The number of anilines is 1. The number of hydrogen-bond acceptors (Lipinski definition) is 6. The standard InChI is InChI=1S/C16H17ClF3N5O2S/c1-24(13-9-25(22-14(13)17)11-4-3-6-21-8-11)15(26)12(23-27-2)10-28-7-5-16(18,19)20/h3-4,6,8-9H,5,7,10H2,1-2H3/b23-12+. The molecule has 0 bridgehead atoms. The van der Waals surface area contributed by atoms with Crippen molar-refractivity contribution in [3.05, 3.63) is 35.9 Å². The minimum absolute atomic E-state index is 0.0395. The summed E-state index contributed by atoms with van der Waals surface area (Å²) in [6, 6.07) is 3.48. The molecule has 7 nitrogen and oxygen atoms in total. The van der Waals surface area contributed by atoms with Crippen LogP contribution in [0.1, 0.15) is 6.42 Å². The molecule has 0 aliphatic carbocycles. The normalized spacial score (nSPS) is 12.1. The Morgan fingerprint density at radius 3 is 2.82 bits per heavy atom. The van der Waals surface area contributed by atoms with E-state index in [1.807, 2.05) is 0 Å². The number of hydrogen-bond donors (Lipinski definition) is 0. The van der Waals surface area contributed by atoms with Gasteiger partial charge < -0.3 is 9.74 Å². The largest absolute Gasteiger partial charge is 0.399 e. The van der Waals surface area contributed by atoms with Gasteiger partial charge in [0.1, 0.15) is 12.8 Å². The monoisotopic (exact) mass is 435 g/mol. The van der Waals surface area contributed by atoms with Crippen LogP contribution in [-0.2, 0) is 9.63 Å². The van der Waals surface area contributed by atoms with E-state index in [9.17, 15) is 18.0 Å². The van der Waals surface area contributed by atoms with Gasteiger partial charge in [-0.25, -0.2) is 4.68 Å². The summed E-state index contributed by atoms with van der Waals surface area (Å²) in [5.41, 5.74) is 0.909. The van der Waals surface area contributed by atoms with Gasteiger partial charge in [-0.15, -0.1) is 0 Å². The molecule has 0 saturated heterocycles. The maximum absolute atomic E-state index is 12.7. The molecular formula is C16H17ClF3N5O2S. The van der Waals surface area contributed by atoms with E-state index < -0.39 is 18.5 Å². The molecule has 28 heavy (non-hydrogen) atoms. The highest BCUT2D eigenvalue weighted by atomic mass is 35.5. The predicted octanol–water partition coefficient (Wildman–Crippen LogP) is 3.57. The second-order valence-corrected chi connectivity index (χ2v) is 6.93. The lowest BCUT2D eigenvalue weighted by molar-refractivity contribution is -0.129. The first-order chi connectivity index (χ1) is 13.2. The number of rotatable bonds is 8.